The van der Waals surface area contributed by atoms with Gasteiger partial charge in [0.1, 0.15) is 0 Å². The van der Waals surface area contributed by atoms with Gasteiger partial charge in [-0.15, -0.1) is 0 Å². The molecule has 0 aromatic heterocycles. The molecule has 0 aliphatic heterocycles. The van der Waals surface area contributed by atoms with Gasteiger partial charge in [0.15, 0.2) is 0 Å². The Kier molecular flexibility index (Phi) is 9.67. The van der Waals surface area contributed by atoms with Crippen LogP contribution in [0.15, 0.2) is 12.2 Å². The van der Waals surface area contributed by atoms with Gasteiger partial charge in [0.2, 0.25) is 0 Å². The maximum Gasteiger partial charge on any atom is 1.00 e. The zero-order chi connectivity index (χ0) is 9.56. The third-order valence-electron chi connectivity index (χ3n) is 1.25. The Bertz CT molecular complexity index is 200. The molecule has 0 aliphatic carbocycles. The number of ether oxygens (including phenoxy) is 1. The fourth-order valence-electron chi connectivity index (χ4n) is 0.457. The van der Waals surface area contributed by atoms with Crippen molar-refractivity contribution in [3.05, 3.63) is 12.2 Å². The van der Waals surface area contributed by atoms with Crippen LogP contribution in [0.5, 0.6) is 0 Å². The predicted molar refractivity (Wildman–Crippen MR) is 40.0 cm³/mol. The van der Waals surface area contributed by atoms with E-state index >= 15 is 0 Å². The summed E-state index contributed by atoms with van der Waals surface area (Å²) >= 11 is 0. The van der Waals surface area contributed by atoms with E-state index in [1.807, 2.05) is 6.92 Å². The van der Waals surface area contributed by atoms with Crippen LogP contribution in [-0.2, 0) is 14.3 Å². The van der Waals surface area contributed by atoms with Crippen molar-refractivity contribution in [3.63, 3.8) is 0 Å². The Morgan fingerprint density at radius 3 is 2.38 bits per heavy atom. The summed E-state index contributed by atoms with van der Waals surface area (Å²) in [7, 11) is 0. The van der Waals surface area contributed by atoms with Gasteiger partial charge in [-0.2, -0.15) is 0 Å². The molecule has 0 spiro atoms. The molecule has 5 heteroatoms. The van der Waals surface area contributed by atoms with Gasteiger partial charge in [-0.05, 0) is 19.4 Å². The second-order valence-electron chi connectivity index (χ2n) is 2.31. The number of aliphatic carboxylic acids is 1. The number of rotatable bonds is 4. The van der Waals surface area contributed by atoms with E-state index in [2.05, 4.69) is 0 Å². The van der Waals surface area contributed by atoms with Crippen molar-refractivity contribution in [3.8, 4) is 0 Å². The van der Waals surface area contributed by atoms with Crippen LogP contribution in [0.4, 0.5) is 0 Å². The van der Waals surface area contributed by atoms with Crippen molar-refractivity contribution >= 4 is 11.9 Å². The first kappa shape index (κ1) is 15.2. The number of carbonyl (C=O) groups excluding carboxylic acids is 2. The largest absolute Gasteiger partial charge is 1.00 e. The summed E-state index contributed by atoms with van der Waals surface area (Å²) in [4.78, 5) is 20.6. The minimum Gasteiger partial charge on any atom is -0.545 e. The Hall–Kier alpha value is -0.320. The average Bonchev–Trinajstić information content (AvgIpc) is 2.00. The number of carboxylic acid groups (broad SMARTS) is 1. The molecule has 0 rings (SSSR count). The van der Waals surface area contributed by atoms with Crippen molar-refractivity contribution < 1.29 is 49.0 Å². The van der Waals surface area contributed by atoms with Gasteiger partial charge in [0.05, 0.1) is 12.1 Å². The minimum absolute atomic E-state index is 0. The molecule has 0 amide bonds. The Morgan fingerprint density at radius 1 is 1.46 bits per heavy atom. The molecule has 68 valence electrons. The van der Waals surface area contributed by atoms with Crippen LogP contribution in [0.3, 0.4) is 0 Å². The zero-order valence-electron chi connectivity index (χ0n) is 8.07. The van der Waals surface area contributed by atoms with Crippen molar-refractivity contribution in [1.82, 2.24) is 0 Å². The molecule has 0 N–H and O–H groups in total. The van der Waals surface area contributed by atoms with E-state index in [4.69, 9.17) is 4.74 Å². The first-order valence-electron chi connectivity index (χ1n) is 3.66. The van der Waals surface area contributed by atoms with E-state index in [-0.39, 0.29) is 35.7 Å². The maximum absolute atomic E-state index is 10.7. The quantitative estimate of drug-likeness (QED) is 0.266. The molecule has 0 bridgehead atoms. The summed E-state index contributed by atoms with van der Waals surface area (Å²) in [5.74, 6) is -2.07. The van der Waals surface area contributed by atoms with Crippen LogP contribution in [0.1, 0.15) is 20.3 Å². The molecule has 1 atom stereocenters. The van der Waals surface area contributed by atoms with E-state index in [0.29, 0.717) is 12.5 Å². The van der Waals surface area contributed by atoms with Gasteiger partial charge in [-0.1, -0.05) is 6.92 Å². The average molecular weight is 194 g/mol. The van der Waals surface area contributed by atoms with Crippen LogP contribution >= 0.6 is 0 Å². The normalized spacial score (nSPS) is 11.8. The maximum atomic E-state index is 10.7. The summed E-state index contributed by atoms with van der Waals surface area (Å²) < 4.78 is 4.73. The molecular formula is C8H11NaO4. The molecule has 1 unspecified atom stereocenters. The molecule has 13 heavy (non-hydrogen) atoms. The molecule has 0 aromatic rings. The van der Waals surface area contributed by atoms with E-state index < -0.39 is 11.9 Å². The van der Waals surface area contributed by atoms with Crippen molar-refractivity contribution in [2.24, 2.45) is 0 Å². The monoisotopic (exact) mass is 194 g/mol. The fourth-order valence-corrected chi connectivity index (χ4v) is 0.457. The van der Waals surface area contributed by atoms with Crippen molar-refractivity contribution in [2.75, 3.05) is 0 Å². The fraction of sp³-hybridized carbons (Fsp3) is 0.500. The second-order valence-corrected chi connectivity index (χ2v) is 2.31. The van der Waals surface area contributed by atoms with Gasteiger partial charge in [-0.3, -0.25) is 0 Å². The number of carboxylic acids is 1. The summed E-state index contributed by atoms with van der Waals surface area (Å²) in [6.45, 7) is 3.59. The predicted octanol–water partition coefficient (Wildman–Crippen LogP) is -3.36. The van der Waals surface area contributed by atoms with Gasteiger partial charge >= 0.3 is 35.5 Å². The number of hydrogen-bond donors (Lipinski definition) is 0. The van der Waals surface area contributed by atoms with Crippen LogP contribution in [0.2, 0.25) is 0 Å². The SMILES string of the molecule is CCC(C)OC(=O)C=CC(=O)[O-].[Na+]. The smallest absolute Gasteiger partial charge is 0.545 e. The zero-order valence-corrected chi connectivity index (χ0v) is 10.1. The third kappa shape index (κ3) is 9.60. The van der Waals surface area contributed by atoms with Gasteiger partial charge in [-0.25, -0.2) is 4.79 Å². The Balaban J connectivity index is 0. The molecular weight excluding hydrogens is 183 g/mol. The molecule has 0 saturated heterocycles. The minimum atomic E-state index is -1.41. The van der Waals surface area contributed by atoms with Gasteiger partial charge < -0.3 is 14.6 Å². The summed E-state index contributed by atoms with van der Waals surface area (Å²) in [5, 5.41) is 9.85. The topological polar surface area (TPSA) is 66.4 Å². The molecule has 0 saturated carbocycles. The first-order chi connectivity index (χ1) is 5.56. The summed E-state index contributed by atoms with van der Waals surface area (Å²) in [6, 6.07) is 0. The van der Waals surface area contributed by atoms with E-state index in [9.17, 15) is 14.7 Å². The van der Waals surface area contributed by atoms with Gasteiger partial charge in [0.25, 0.3) is 0 Å². The molecule has 4 nitrogen and oxygen atoms in total. The molecule has 0 aromatic carbocycles. The van der Waals surface area contributed by atoms with Gasteiger partial charge in [0, 0.05) is 6.08 Å². The summed E-state index contributed by atoms with van der Waals surface area (Å²) in [5.41, 5.74) is 0. The Labute approximate surface area is 99.2 Å². The molecule has 0 radical (unpaired) electrons. The molecule has 0 fully saturated rings. The van der Waals surface area contributed by atoms with Crippen molar-refractivity contribution in [1.29, 1.82) is 0 Å². The van der Waals surface area contributed by atoms with Crippen molar-refractivity contribution in [2.45, 2.75) is 26.4 Å². The number of hydrogen-bond acceptors (Lipinski definition) is 4. The van der Waals surface area contributed by atoms with Crippen LogP contribution < -0.4 is 34.7 Å². The van der Waals surface area contributed by atoms with E-state index in [0.717, 1.165) is 6.08 Å². The Morgan fingerprint density at radius 2 is 2.00 bits per heavy atom. The van der Waals surface area contributed by atoms with Crippen LogP contribution in [0.25, 0.3) is 0 Å². The van der Waals surface area contributed by atoms with Crippen LogP contribution in [-0.4, -0.2) is 18.0 Å². The third-order valence-corrected chi connectivity index (χ3v) is 1.25. The van der Waals surface area contributed by atoms with E-state index in [1.54, 1.807) is 6.92 Å². The second kappa shape index (κ2) is 8.29. The summed E-state index contributed by atoms with van der Waals surface area (Å²) in [6.07, 6.45) is 1.99. The van der Waals surface area contributed by atoms with E-state index in [1.165, 1.54) is 0 Å². The van der Waals surface area contributed by atoms with Crippen LogP contribution in [0, 0.1) is 0 Å². The molecule has 0 aliphatic rings. The number of esters is 1. The first-order valence-corrected chi connectivity index (χ1v) is 3.66. The standard InChI is InChI=1S/C8H12O4.Na/c1-3-6(2)12-8(11)5-4-7(9)10;/h4-6H,3H2,1-2H3,(H,9,10);/q;+1/p-1. The number of carbonyl (C=O) groups is 2. The molecule has 0 heterocycles.